The molecule has 0 atom stereocenters. The fourth-order valence-electron chi connectivity index (χ4n) is 0.752. The predicted octanol–water partition coefficient (Wildman–Crippen LogP) is 3.27. The van der Waals surface area contributed by atoms with Crippen molar-refractivity contribution in [1.82, 2.24) is 0 Å². The molecule has 0 radical (unpaired) electrons. The molecule has 0 spiro atoms. The summed E-state index contributed by atoms with van der Waals surface area (Å²) in [5, 5.41) is 0.689. The minimum Gasteiger partial charge on any atom is -0.297 e. The number of carbonyl (C=O) groups excluding carboxylic acids is 1. The van der Waals surface area contributed by atoms with Gasteiger partial charge in [0.05, 0.1) is 4.48 Å². The maximum Gasteiger partial charge on any atom is 0.157 e. The second kappa shape index (κ2) is 4.43. The van der Waals surface area contributed by atoms with Crippen molar-refractivity contribution in [1.29, 1.82) is 0 Å². The Morgan fingerprint density at radius 1 is 1.33 bits per heavy atom. The van der Waals surface area contributed by atoms with Gasteiger partial charge >= 0.3 is 0 Å². The van der Waals surface area contributed by atoms with Gasteiger partial charge in [0.2, 0.25) is 0 Å². The minimum atomic E-state index is 0.518. The molecule has 1 nitrogen and oxygen atoms in total. The molecular weight excluding hydrogens is 239 g/mol. The fourth-order valence-corrected chi connectivity index (χ4v) is 1.14. The molecule has 62 valence electrons. The van der Waals surface area contributed by atoms with Gasteiger partial charge in [-0.15, -0.1) is 0 Å². The van der Waals surface area contributed by atoms with Gasteiger partial charge in [0.25, 0.3) is 0 Å². The van der Waals surface area contributed by atoms with Gasteiger partial charge in [-0.3, -0.25) is 4.79 Å². The van der Waals surface area contributed by atoms with Crippen molar-refractivity contribution in [3.05, 3.63) is 39.3 Å². The fraction of sp³-hybridized carbons (Fsp3) is 0. The first kappa shape index (κ1) is 9.49. The molecule has 0 unspecified atom stereocenters. The maximum atomic E-state index is 10.2. The van der Waals surface area contributed by atoms with Gasteiger partial charge in [0, 0.05) is 5.02 Å². The van der Waals surface area contributed by atoms with E-state index >= 15 is 0 Å². The highest BCUT2D eigenvalue weighted by atomic mass is 79.9. The van der Waals surface area contributed by atoms with E-state index in [0.717, 1.165) is 11.8 Å². The molecule has 12 heavy (non-hydrogen) atoms. The van der Waals surface area contributed by atoms with Crippen molar-refractivity contribution < 1.29 is 4.79 Å². The Morgan fingerprint density at radius 3 is 2.42 bits per heavy atom. The molecule has 0 aliphatic carbocycles. The molecule has 0 aliphatic rings. The van der Waals surface area contributed by atoms with Gasteiger partial charge in [-0.1, -0.05) is 23.7 Å². The second-order valence-corrected chi connectivity index (χ2v) is 3.55. The van der Waals surface area contributed by atoms with E-state index in [4.69, 9.17) is 11.6 Å². The Labute approximate surface area is 84.2 Å². The SMILES string of the molecule is O=C/C(Br)=C/c1ccc(Cl)cc1. The summed E-state index contributed by atoms with van der Waals surface area (Å²) in [5.41, 5.74) is 0.943. The Balaban J connectivity index is 2.91. The predicted molar refractivity (Wildman–Crippen MR) is 54.4 cm³/mol. The van der Waals surface area contributed by atoms with E-state index in [2.05, 4.69) is 15.9 Å². The first-order valence-electron chi connectivity index (χ1n) is 3.30. The molecule has 0 amide bonds. The molecule has 0 saturated carbocycles. The summed E-state index contributed by atoms with van der Waals surface area (Å²) < 4.78 is 0.518. The molecule has 0 N–H and O–H groups in total. The van der Waals surface area contributed by atoms with Crippen molar-refractivity contribution in [2.75, 3.05) is 0 Å². The van der Waals surface area contributed by atoms with Gasteiger partial charge in [-0.2, -0.15) is 0 Å². The zero-order valence-electron chi connectivity index (χ0n) is 6.13. The number of carbonyl (C=O) groups is 1. The summed E-state index contributed by atoms with van der Waals surface area (Å²) in [5.74, 6) is 0. The normalized spacial score (nSPS) is 11.3. The van der Waals surface area contributed by atoms with Crippen LogP contribution in [0.25, 0.3) is 6.08 Å². The van der Waals surface area contributed by atoms with Crippen molar-refractivity contribution in [3.8, 4) is 0 Å². The van der Waals surface area contributed by atoms with Crippen LogP contribution in [0.2, 0.25) is 5.02 Å². The number of benzene rings is 1. The number of allylic oxidation sites excluding steroid dienone is 1. The highest BCUT2D eigenvalue weighted by Crippen LogP contribution is 2.13. The molecule has 1 aromatic rings. The first-order chi connectivity index (χ1) is 5.72. The van der Waals surface area contributed by atoms with Crippen LogP contribution in [0.3, 0.4) is 0 Å². The van der Waals surface area contributed by atoms with Crippen molar-refractivity contribution >= 4 is 39.9 Å². The quantitative estimate of drug-likeness (QED) is 0.577. The van der Waals surface area contributed by atoms with Gasteiger partial charge < -0.3 is 0 Å². The molecule has 0 bridgehead atoms. The highest BCUT2D eigenvalue weighted by Gasteiger charge is 1.90. The van der Waals surface area contributed by atoms with Crippen molar-refractivity contribution in [2.45, 2.75) is 0 Å². The molecule has 0 fully saturated rings. The smallest absolute Gasteiger partial charge is 0.157 e. The molecule has 1 rings (SSSR count). The second-order valence-electron chi connectivity index (χ2n) is 2.20. The molecule has 0 saturated heterocycles. The summed E-state index contributed by atoms with van der Waals surface area (Å²) in [4.78, 5) is 10.2. The molecule has 1 aromatic carbocycles. The van der Waals surface area contributed by atoms with Crippen LogP contribution in [0.1, 0.15) is 5.56 Å². The summed E-state index contributed by atoms with van der Waals surface area (Å²) >= 11 is 8.77. The molecule has 0 aromatic heterocycles. The summed E-state index contributed by atoms with van der Waals surface area (Å²) in [6.07, 6.45) is 2.47. The van der Waals surface area contributed by atoms with Crippen LogP contribution in [-0.4, -0.2) is 6.29 Å². The Bertz CT molecular complexity index is 303. The monoisotopic (exact) mass is 244 g/mol. The van der Waals surface area contributed by atoms with Crippen LogP contribution < -0.4 is 0 Å². The maximum absolute atomic E-state index is 10.2. The van der Waals surface area contributed by atoms with E-state index in [1.807, 2.05) is 12.1 Å². The third-order valence-corrected chi connectivity index (χ3v) is 1.95. The van der Waals surface area contributed by atoms with E-state index in [9.17, 15) is 4.79 Å². The zero-order valence-corrected chi connectivity index (χ0v) is 8.47. The lowest BCUT2D eigenvalue weighted by molar-refractivity contribution is -0.104. The van der Waals surface area contributed by atoms with Crippen molar-refractivity contribution in [3.63, 3.8) is 0 Å². The Hall–Kier alpha value is -0.600. The lowest BCUT2D eigenvalue weighted by Crippen LogP contribution is -1.74. The number of hydrogen-bond acceptors (Lipinski definition) is 1. The lowest BCUT2D eigenvalue weighted by Gasteiger charge is -1.92. The number of hydrogen-bond donors (Lipinski definition) is 0. The topological polar surface area (TPSA) is 17.1 Å². The third-order valence-electron chi connectivity index (χ3n) is 1.29. The summed E-state index contributed by atoms with van der Waals surface area (Å²) in [6, 6.07) is 7.23. The van der Waals surface area contributed by atoms with Gasteiger partial charge in [0.15, 0.2) is 6.29 Å². The van der Waals surface area contributed by atoms with Gasteiger partial charge in [-0.05, 0) is 39.7 Å². The van der Waals surface area contributed by atoms with Crippen LogP contribution in [0.4, 0.5) is 0 Å². The standard InChI is InChI=1S/C9H6BrClO/c10-8(6-12)5-7-1-3-9(11)4-2-7/h1-6H/b8-5-. The van der Waals surface area contributed by atoms with Crippen LogP contribution >= 0.6 is 27.5 Å². The van der Waals surface area contributed by atoms with E-state index in [0.29, 0.717) is 9.51 Å². The zero-order chi connectivity index (χ0) is 8.97. The van der Waals surface area contributed by atoms with Crippen LogP contribution in [0.5, 0.6) is 0 Å². The molecular formula is C9H6BrClO. The average molecular weight is 246 g/mol. The first-order valence-corrected chi connectivity index (χ1v) is 4.47. The minimum absolute atomic E-state index is 0.518. The Kier molecular flexibility index (Phi) is 3.50. The third kappa shape index (κ3) is 2.80. The van der Waals surface area contributed by atoms with Gasteiger partial charge in [-0.25, -0.2) is 0 Å². The molecule has 3 heteroatoms. The number of aldehydes is 1. The van der Waals surface area contributed by atoms with Crippen LogP contribution in [0, 0.1) is 0 Å². The Morgan fingerprint density at radius 2 is 1.92 bits per heavy atom. The molecule has 0 heterocycles. The average Bonchev–Trinajstić information content (AvgIpc) is 2.09. The largest absolute Gasteiger partial charge is 0.297 e. The van der Waals surface area contributed by atoms with Crippen LogP contribution in [-0.2, 0) is 4.79 Å². The number of rotatable bonds is 2. The van der Waals surface area contributed by atoms with E-state index in [1.165, 1.54) is 0 Å². The summed E-state index contributed by atoms with van der Waals surface area (Å²) in [7, 11) is 0. The van der Waals surface area contributed by atoms with E-state index in [-0.39, 0.29) is 0 Å². The van der Waals surface area contributed by atoms with Crippen LogP contribution in [0.15, 0.2) is 28.7 Å². The number of halogens is 2. The van der Waals surface area contributed by atoms with E-state index < -0.39 is 0 Å². The highest BCUT2D eigenvalue weighted by molar-refractivity contribution is 9.12. The van der Waals surface area contributed by atoms with Crippen molar-refractivity contribution in [2.24, 2.45) is 0 Å². The summed E-state index contributed by atoms with van der Waals surface area (Å²) in [6.45, 7) is 0. The molecule has 0 aliphatic heterocycles. The van der Waals surface area contributed by atoms with Gasteiger partial charge in [0.1, 0.15) is 0 Å². The van der Waals surface area contributed by atoms with E-state index in [1.54, 1.807) is 18.2 Å². The lowest BCUT2D eigenvalue weighted by atomic mass is 10.2.